The van der Waals surface area contributed by atoms with Crippen molar-refractivity contribution in [3.05, 3.63) is 134 Å². The summed E-state index contributed by atoms with van der Waals surface area (Å²) in [5.41, 5.74) is 4.69. The molecule has 5 heteroatoms. The summed E-state index contributed by atoms with van der Waals surface area (Å²) in [6, 6.07) is 45.5. The van der Waals surface area contributed by atoms with E-state index in [0.29, 0.717) is 23.1 Å². The predicted octanol–water partition coefficient (Wildman–Crippen LogP) is 9.23. The van der Waals surface area contributed by atoms with Gasteiger partial charge in [0.2, 0.25) is 0 Å². The highest BCUT2D eigenvalue weighted by molar-refractivity contribution is 6.17. The van der Waals surface area contributed by atoms with Crippen LogP contribution in [0.3, 0.4) is 0 Å². The van der Waals surface area contributed by atoms with Crippen LogP contribution in [0.5, 0.6) is 0 Å². The monoisotopic (exact) mass is 548 g/mol. The van der Waals surface area contributed by atoms with Crippen molar-refractivity contribution >= 4 is 54.4 Å². The topological polar surface area (TPSA) is 64.7 Å². The zero-order valence-electron chi connectivity index (χ0n) is 22.7. The molecule has 0 unspecified atom stereocenters. The molecule has 0 bridgehead atoms. The number of benzene rings is 5. The first kappa shape index (κ1) is 23.6. The molecule has 198 valence electrons. The Morgan fingerprint density at radius 3 is 2.14 bits per heavy atom. The molecule has 0 saturated heterocycles. The van der Waals surface area contributed by atoms with Gasteiger partial charge in [0.15, 0.2) is 23.1 Å². The van der Waals surface area contributed by atoms with E-state index in [9.17, 15) is 0 Å². The molecule has 0 atom stereocenters. The smallest absolute Gasteiger partial charge is 0.172 e. The fourth-order valence-corrected chi connectivity index (χ4v) is 5.80. The quantitative estimate of drug-likeness (QED) is 0.220. The SMILES string of the molecule is c1c(-c2nc(-c3ccc4ccccc4c3)nc(-c3cnc4c(c3)oc3ccc5ccccc5c34)n2)cc2ccccc2c#1. The number of hydrogen-bond acceptors (Lipinski definition) is 5. The summed E-state index contributed by atoms with van der Waals surface area (Å²) in [5.74, 6) is 1.60. The van der Waals surface area contributed by atoms with Gasteiger partial charge in [0.1, 0.15) is 11.1 Å². The van der Waals surface area contributed by atoms with E-state index < -0.39 is 0 Å². The molecule has 0 spiro atoms. The zero-order valence-corrected chi connectivity index (χ0v) is 22.7. The summed E-state index contributed by atoms with van der Waals surface area (Å²) in [7, 11) is 0. The van der Waals surface area contributed by atoms with Gasteiger partial charge in [-0.3, -0.25) is 4.98 Å². The van der Waals surface area contributed by atoms with Gasteiger partial charge in [0.25, 0.3) is 0 Å². The number of aromatic nitrogens is 4. The minimum absolute atomic E-state index is 0.509. The Kier molecular flexibility index (Phi) is 5.04. The van der Waals surface area contributed by atoms with Crippen LogP contribution in [0.4, 0.5) is 0 Å². The molecule has 0 aliphatic heterocycles. The van der Waals surface area contributed by atoms with Crippen molar-refractivity contribution in [2.24, 2.45) is 0 Å². The largest absolute Gasteiger partial charge is 0.454 e. The normalized spacial score (nSPS) is 11.5. The van der Waals surface area contributed by atoms with Crippen LogP contribution in [0.25, 0.3) is 88.5 Å². The van der Waals surface area contributed by atoms with Gasteiger partial charge >= 0.3 is 0 Å². The van der Waals surface area contributed by atoms with Gasteiger partial charge in [-0.2, -0.15) is 0 Å². The Morgan fingerprint density at radius 1 is 0.512 bits per heavy atom. The molecule has 3 aromatic heterocycles. The molecule has 9 aromatic rings. The van der Waals surface area contributed by atoms with Crippen LogP contribution in [-0.4, -0.2) is 19.9 Å². The summed E-state index contributed by atoms with van der Waals surface area (Å²) in [6.07, 6.45) is 1.82. The summed E-state index contributed by atoms with van der Waals surface area (Å²) in [4.78, 5) is 19.7. The fraction of sp³-hybridized carbons (Fsp3) is 0. The van der Waals surface area contributed by atoms with Crippen LogP contribution in [0, 0.1) is 12.1 Å². The van der Waals surface area contributed by atoms with E-state index in [4.69, 9.17) is 24.4 Å². The molecule has 0 N–H and O–H groups in total. The number of nitrogens with zero attached hydrogens (tertiary/aromatic N) is 4. The lowest BCUT2D eigenvalue weighted by atomic mass is 10.1. The fourth-order valence-electron chi connectivity index (χ4n) is 5.80. The lowest BCUT2D eigenvalue weighted by Crippen LogP contribution is -2.00. The Balaban J connectivity index is 1.25. The van der Waals surface area contributed by atoms with Crippen molar-refractivity contribution in [3.8, 4) is 34.2 Å². The number of furan rings is 1. The maximum atomic E-state index is 6.30. The van der Waals surface area contributed by atoms with E-state index in [1.165, 1.54) is 0 Å². The zero-order chi connectivity index (χ0) is 28.3. The molecule has 9 rings (SSSR count). The van der Waals surface area contributed by atoms with Crippen molar-refractivity contribution in [1.82, 2.24) is 19.9 Å². The summed E-state index contributed by atoms with van der Waals surface area (Å²) < 4.78 is 6.30. The molecule has 6 aromatic carbocycles. The number of pyridine rings is 1. The molecular formula is C38H20N4O. The molecule has 3 heterocycles. The van der Waals surface area contributed by atoms with Crippen molar-refractivity contribution < 1.29 is 4.42 Å². The van der Waals surface area contributed by atoms with Crippen LogP contribution in [0.1, 0.15) is 0 Å². The van der Waals surface area contributed by atoms with Gasteiger partial charge < -0.3 is 4.42 Å². The number of fused-ring (bicyclic) bond motifs is 7. The van der Waals surface area contributed by atoms with Gasteiger partial charge in [-0.05, 0) is 57.3 Å². The Bertz CT molecular complexity index is 2430. The standard InChI is InChI=1S/C38H20N4O/c1-3-10-26-19-28(15-13-23(26)7-1)36-40-37(29-16-14-24-8-2-4-11-27(24)20-29)42-38(41-36)30-21-33-35(39-22-30)34-31-12-6-5-9-25(31)17-18-32(34)43-33/h1-13,15,17-22H. The van der Waals surface area contributed by atoms with Crippen molar-refractivity contribution in [1.29, 1.82) is 0 Å². The van der Waals surface area contributed by atoms with Crippen LogP contribution in [0.15, 0.2) is 126 Å². The third-order valence-electron chi connectivity index (χ3n) is 7.93. The van der Waals surface area contributed by atoms with Gasteiger partial charge in [-0.1, -0.05) is 97.1 Å². The maximum absolute atomic E-state index is 6.30. The molecule has 5 nitrogen and oxygen atoms in total. The average molecular weight is 549 g/mol. The molecule has 0 fully saturated rings. The van der Waals surface area contributed by atoms with Gasteiger partial charge in [-0.25, -0.2) is 15.0 Å². The first-order chi connectivity index (χ1) is 21.3. The van der Waals surface area contributed by atoms with Gasteiger partial charge in [0, 0.05) is 22.7 Å². The van der Waals surface area contributed by atoms with E-state index in [0.717, 1.165) is 65.5 Å². The summed E-state index contributed by atoms with van der Waals surface area (Å²) >= 11 is 0. The van der Waals surface area contributed by atoms with Crippen LogP contribution < -0.4 is 0 Å². The second-order valence-corrected chi connectivity index (χ2v) is 10.6. The molecule has 0 radical (unpaired) electrons. The van der Waals surface area contributed by atoms with Crippen LogP contribution in [-0.2, 0) is 0 Å². The highest BCUT2D eigenvalue weighted by Crippen LogP contribution is 2.35. The van der Waals surface area contributed by atoms with E-state index in [2.05, 4.69) is 60.7 Å². The van der Waals surface area contributed by atoms with E-state index in [-0.39, 0.29) is 0 Å². The second-order valence-electron chi connectivity index (χ2n) is 10.6. The summed E-state index contributed by atoms with van der Waals surface area (Å²) in [5, 5.41) is 7.58. The molecule has 0 aliphatic rings. The average Bonchev–Trinajstić information content (AvgIpc) is 3.46. The van der Waals surface area contributed by atoms with E-state index >= 15 is 0 Å². The molecule has 0 aliphatic carbocycles. The first-order valence-corrected chi connectivity index (χ1v) is 14.1. The Labute approximate surface area is 246 Å². The van der Waals surface area contributed by atoms with Crippen molar-refractivity contribution in [2.45, 2.75) is 0 Å². The summed E-state index contributed by atoms with van der Waals surface area (Å²) in [6.45, 7) is 0. The van der Waals surface area contributed by atoms with E-state index in [1.54, 1.807) is 0 Å². The molecule has 0 saturated carbocycles. The first-order valence-electron chi connectivity index (χ1n) is 14.1. The van der Waals surface area contributed by atoms with Crippen molar-refractivity contribution in [3.63, 3.8) is 0 Å². The number of hydrogen-bond donors (Lipinski definition) is 0. The van der Waals surface area contributed by atoms with Crippen LogP contribution in [0.2, 0.25) is 0 Å². The lowest BCUT2D eigenvalue weighted by molar-refractivity contribution is 0.668. The molecule has 43 heavy (non-hydrogen) atoms. The maximum Gasteiger partial charge on any atom is 0.172 e. The van der Waals surface area contributed by atoms with Crippen LogP contribution >= 0.6 is 0 Å². The van der Waals surface area contributed by atoms with E-state index in [1.807, 2.05) is 72.9 Å². The minimum Gasteiger partial charge on any atom is -0.454 e. The highest BCUT2D eigenvalue weighted by atomic mass is 16.3. The van der Waals surface area contributed by atoms with Crippen molar-refractivity contribution in [2.75, 3.05) is 0 Å². The third kappa shape index (κ3) is 3.89. The Hall–Kier alpha value is -6.12. The minimum atomic E-state index is 0.509. The lowest BCUT2D eigenvalue weighted by Gasteiger charge is -2.08. The Morgan fingerprint density at radius 2 is 1.23 bits per heavy atom. The second kappa shape index (κ2) is 9.20. The van der Waals surface area contributed by atoms with Gasteiger partial charge in [-0.15, -0.1) is 0 Å². The highest BCUT2D eigenvalue weighted by Gasteiger charge is 2.17. The molecular weight excluding hydrogens is 528 g/mol. The van der Waals surface area contributed by atoms with Gasteiger partial charge in [0.05, 0.1) is 10.9 Å². The predicted molar refractivity (Wildman–Crippen MR) is 171 cm³/mol. The third-order valence-corrected chi connectivity index (χ3v) is 7.93. The molecule has 0 amide bonds. The number of rotatable bonds is 3.